The molecule has 0 spiro atoms. The molecule has 1 atom stereocenters. The molecule has 0 fully saturated rings. The molecule has 3 aromatic carbocycles. The molecule has 232 valence electrons. The van der Waals surface area contributed by atoms with Crippen molar-refractivity contribution in [2.75, 3.05) is 30.8 Å². The van der Waals surface area contributed by atoms with Gasteiger partial charge in [-0.15, -0.1) is 0 Å². The number of methoxy groups -OCH3 is 1. The first-order valence-electron chi connectivity index (χ1n) is 14.7. The van der Waals surface area contributed by atoms with E-state index in [2.05, 4.69) is 5.32 Å². The highest BCUT2D eigenvalue weighted by Crippen LogP contribution is 2.26. The summed E-state index contributed by atoms with van der Waals surface area (Å²) in [5.41, 5.74) is 4.24. The number of amides is 2. The maximum Gasteiger partial charge on any atom is 0.243 e. The van der Waals surface area contributed by atoms with Gasteiger partial charge in [-0.1, -0.05) is 68.4 Å². The zero-order valence-electron chi connectivity index (χ0n) is 26.2. The van der Waals surface area contributed by atoms with E-state index in [0.29, 0.717) is 30.8 Å². The third-order valence-corrected chi connectivity index (χ3v) is 8.62. The van der Waals surface area contributed by atoms with Gasteiger partial charge >= 0.3 is 0 Å². The van der Waals surface area contributed by atoms with E-state index in [9.17, 15) is 18.0 Å². The maximum atomic E-state index is 14.0. The molecule has 0 saturated heterocycles. The fraction of sp³-hybridized carbons (Fsp3) is 0.412. The standard InChI is InChI=1S/C34H45N3O5S/c1-25(2)23-35-34(39)32(22-28-14-8-7-9-15-28)36(24-29-16-11-17-30(21-29)42-5)33(38)19-12-20-37(43(6,40)41)31-18-10-13-26(3)27(31)4/h7-11,13-18,21,25,32H,12,19-20,22-24H2,1-6H3,(H,35,39)/t32-/m0/s1. The largest absolute Gasteiger partial charge is 0.497 e. The minimum absolute atomic E-state index is 0.0730. The van der Waals surface area contributed by atoms with E-state index < -0.39 is 16.1 Å². The van der Waals surface area contributed by atoms with Crippen molar-refractivity contribution >= 4 is 27.5 Å². The lowest BCUT2D eigenvalue weighted by Crippen LogP contribution is -2.51. The number of sulfonamides is 1. The quantitative estimate of drug-likeness (QED) is 0.254. The van der Waals surface area contributed by atoms with Gasteiger partial charge in [-0.3, -0.25) is 13.9 Å². The molecule has 0 aliphatic rings. The minimum atomic E-state index is -3.59. The Morgan fingerprint density at radius 2 is 1.60 bits per heavy atom. The van der Waals surface area contributed by atoms with Gasteiger partial charge in [0.15, 0.2) is 0 Å². The van der Waals surface area contributed by atoms with Crippen LogP contribution in [0.4, 0.5) is 5.69 Å². The lowest BCUT2D eigenvalue weighted by Gasteiger charge is -2.32. The Morgan fingerprint density at radius 3 is 2.26 bits per heavy atom. The Hall–Kier alpha value is -3.85. The summed E-state index contributed by atoms with van der Waals surface area (Å²) in [7, 11) is -2.00. The highest BCUT2D eigenvalue weighted by atomic mass is 32.2. The number of nitrogens with zero attached hydrogens (tertiary/aromatic N) is 2. The predicted octanol–water partition coefficient (Wildman–Crippen LogP) is 5.27. The summed E-state index contributed by atoms with van der Waals surface area (Å²) in [6, 6.07) is 21.9. The molecule has 1 N–H and O–H groups in total. The van der Waals surface area contributed by atoms with Crippen LogP contribution in [0.5, 0.6) is 5.75 Å². The van der Waals surface area contributed by atoms with Crippen molar-refractivity contribution in [2.45, 2.75) is 59.5 Å². The van der Waals surface area contributed by atoms with Gasteiger partial charge < -0.3 is 15.0 Å². The van der Waals surface area contributed by atoms with E-state index in [1.54, 1.807) is 18.1 Å². The number of rotatable bonds is 15. The van der Waals surface area contributed by atoms with Gasteiger partial charge in [0.25, 0.3) is 0 Å². The molecule has 0 saturated carbocycles. The van der Waals surface area contributed by atoms with Crippen molar-refractivity contribution in [3.8, 4) is 5.75 Å². The van der Waals surface area contributed by atoms with Crippen LogP contribution >= 0.6 is 0 Å². The van der Waals surface area contributed by atoms with E-state index in [1.165, 1.54) is 10.6 Å². The van der Waals surface area contributed by atoms with Gasteiger partial charge in [-0.05, 0) is 66.6 Å². The molecule has 0 aromatic heterocycles. The first-order chi connectivity index (χ1) is 20.4. The van der Waals surface area contributed by atoms with Crippen LogP contribution in [-0.4, -0.2) is 57.6 Å². The second-order valence-electron chi connectivity index (χ2n) is 11.4. The number of carbonyl (C=O) groups is 2. The highest BCUT2D eigenvalue weighted by Gasteiger charge is 2.31. The third-order valence-electron chi connectivity index (χ3n) is 7.44. The number of nitrogens with one attached hydrogen (secondary N) is 1. The lowest BCUT2D eigenvalue weighted by molar-refractivity contribution is -0.141. The van der Waals surface area contributed by atoms with Gasteiger partial charge in [0.05, 0.1) is 19.1 Å². The number of aryl methyl sites for hydroxylation is 1. The second kappa shape index (κ2) is 15.6. The molecule has 0 aliphatic carbocycles. The number of hydrogen-bond acceptors (Lipinski definition) is 5. The monoisotopic (exact) mass is 607 g/mol. The average molecular weight is 608 g/mol. The Bertz CT molecular complexity index is 1470. The summed E-state index contributed by atoms with van der Waals surface area (Å²) >= 11 is 0. The fourth-order valence-corrected chi connectivity index (χ4v) is 5.95. The van der Waals surface area contributed by atoms with E-state index in [4.69, 9.17) is 4.74 Å². The van der Waals surface area contributed by atoms with Crippen LogP contribution in [0.25, 0.3) is 0 Å². The van der Waals surface area contributed by atoms with E-state index >= 15 is 0 Å². The molecule has 43 heavy (non-hydrogen) atoms. The normalized spacial score (nSPS) is 12.1. The third kappa shape index (κ3) is 9.85. The summed E-state index contributed by atoms with van der Waals surface area (Å²) in [6.07, 6.45) is 1.89. The van der Waals surface area contributed by atoms with Crippen LogP contribution in [0.1, 0.15) is 48.9 Å². The summed E-state index contributed by atoms with van der Waals surface area (Å²) in [5, 5.41) is 3.03. The summed E-state index contributed by atoms with van der Waals surface area (Å²) < 4.78 is 32.4. The maximum absolute atomic E-state index is 14.0. The van der Waals surface area contributed by atoms with Crippen molar-refractivity contribution < 1.29 is 22.7 Å². The summed E-state index contributed by atoms with van der Waals surface area (Å²) in [5.74, 6) is 0.460. The zero-order valence-corrected chi connectivity index (χ0v) is 27.0. The minimum Gasteiger partial charge on any atom is -0.497 e. The number of ether oxygens (including phenoxy) is 1. The molecular formula is C34H45N3O5S. The van der Waals surface area contributed by atoms with Crippen LogP contribution in [0.3, 0.4) is 0 Å². The number of anilines is 1. The molecule has 3 rings (SSSR count). The highest BCUT2D eigenvalue weighted by molar-refractivity contribution is 7.92. The SMILES string of the molecule is COc1cccc(CN(C(=O)CCCN(c2cccc(C)c2C)S(C)(=O)=O)[C@@H](Cc2ccccc2)C(=O)NCC(C)C)c1. The van der Waals surface area contributed by atoms with E-state index in [1.807, 2.05) is 94.4 Å². The van der Waals surface area contributed by atoms with Crippen LogP contribution in [0.2, 0.25) is 0 Å². The molecule has 8 nitrogen and oxygen atoms in total. The fourth-order valence-electron chi connectivity index (χ4n) is 4.93. The van der Waals surface area contributed by atoms with Crippen molar-refractivity contribution in [1.29, 1.82) is 0 Å². The molecule has 3 aromatic rings. The number of benzene rings is 3. The number of carbonyl (C=O) groups excluding carboxylic acids is 2. The van der Waals surface area contributed by atoms with Crippen molar-refractivity contribution in [3.63, 3.8) is 0 Å². The second-order valence-corrected chi connectivity index (χ2v) is 13.3. The Kier molecular flexibility index (Phi) is 12.2. The summed E-state index contributed by atoms with van der Waals surface area (Å²) in [4.78, 5) is 29.3. The van der Waals surface area contributed by atoms with E-state index in [-0.39, 0.29) is 37.2 Å². The first-order valence-corrected chi connectivity index (χ1v) is 16.5. The smallest absolute Gasteiger partial charge is 0.243 e. The lowest BCUT2D eigenvalue weighted by atomic mass is 10.0. The summed E-state index contributed by atoms with van der Waals surface area (Å²) in [6.45, 7) is 8.72. The molecule has 0 bridgehead atoms. The van der Waals surface area contributed by atoms with E-state index in [0.717, 1.165) is 22.3 Å². The van der Waals surface area contributed by atoms with Crippen molar-refractivity contribution in [2.24, 2.45) is 5.92 Å². The molecule has 9 heteroatoms. The van der Waals surface area contributed by atoms with Crippen LogP contribution in [0.15, 0.2) is 72.8 Å². The molecule has 0 aliphatic heterocycles. The van der Waals surface area contributed by atoms with Gasteiger partial charge in [-0.2, -0.15) is 0 Å². The van der Waals surface area contributed by atoms with Crippen LogP contribution < -0.4 is 14.4 Å². The van der Waals surface area contributed by atoms with Gasteiger partial charge in [0.1, 0.15) is 11.8 Å². The molecule has 0 unspecified atom stereocenters. The van der Waals surface area contributed by atoms with Crippen molar-refractivity contribution in [3.05, 3.63) is 95.1 Å². The average Bonchev–Trinajstić information content (AvgIpc) is 2.97. The first kappa shape index (κ1) is 33.6. The Labute approximate surface area is 257 Å². The Balaban J connectivity index is 1.92. The van der Waals surface area contributed by atoms with Crippen LogP contribution in [0, 0.1) is 19.8 Å². The zero-order chi connectivity index (χ0) is 31.6. The van der Waals surface area contributed by atoms with Gasteiger partial charge in [-0.25, -0.2) is 8.42 Å². The predicted molar refractivity (Wildman–Crippen MR) is 173 cm³/mol. The molecule has 2 amide bonds. The number of hydrogen-bond donors (Lipinski definition) is 1. The topological polar surface area (TPSA) is 96.0 Å². The van der Waals surface area contributed by atoms with Crippen LogP contribution in [-0.2, 0) is 32.6 Å². The van der Waals surface area contributed by atoms with Gasteiger partial charge in [0.2, 0.25) is 21.8 Å². The Morgan fingerprint density at radius 1 is 0.930 bits per heavy atom. The van der Waals surface area contributed by atoms with Crippen molar-refractivity contribution in [1.82, 2.24) is 10.2 Å². The molecular weight excluding hydrogens is 562 g/mol. The van der Waals surface area contributed by atoms with Gasteiger partial charge in [0, 0.05) is 32.5 Å². The molecule has 0 heterocycles. The molecule has 0 radical (unpaired) electrons.